The van der Waals surface area contributed by atoms with E-state index in [1.807, 2.05) is 0 Å². The van der Waals surface area contributed by atoms with Gasteiger partial charge in [0.05, 0.1) is 5.56 Å². The summed E-state index contributed by atoms with van der Waals surface area (Å²) in [7, 11) is 0. The predicted octanol–water partition coefficient (Wildman–Crippen LogP) is 2.29. The summed E-state index contributed by atoms with van der Waals surface area (Å²) in [6, 6.07) is 3.51. The lowest BCUT2D eigenvalue weighted by Gasteiger charge is -2.17. The molecule has 0 bridgehead atoms. The minimum atomic E-state index is -1.13. The largest absolute Gasteiger partial charge is 0.481 e. The van der Waals surface area contributed by atoms with Crippen molar-refractivity contribution in [3.63, 3.8) is 0 Å². The molecule has 20 heavy (non-hydrogen) atoms. The number of aliphatic carboxylic acids is 1. The van der Waals surface area contributed by atoms with Crippen molar-refractivity contribution in [2.24, 2.45) is 5.92 Å². The second-order valence-electron chi connectivity index (χ2n) is 4.94. The van der Waals surface area contributed by atoms with E-state index in [-0.39, 0.29) is 17.9 Å². The van der Waals surface area contributed by atoms with Crippen LogP contribution in [-0.4, -0.2) is 35.0 Å². The van der Waals surface area contributed by atoms with Crippen LogP contribution < -0.4 is 0 Å². The molecule has 0 aliphatic carbocycles. The maximum Gasteiger partial charge on any atom is 0.303 e. The molecule has 6 heteroatoms. The third kappa shape index (κ3) is 3.12. The molecule has 1 aromatic carbocycles. The van der Waals surface area contributed by atoms with Crippen molar-refractivity contribution in [1.29, 1.82) is 0 Å². The standard InChI is InChI=1S/C14H15F2NO3/c15-11-3-1-2-10(13(11)16)14(20)17-7-6-9(8-17)4-5-12(18)19/h1-3,9H,4-8H2,(H,18,19). The topological polar surface area (TPSA) is 57.6 Å². The van der Waals surface area contributed by atoms with Crippen LogP contribution in [0, 0.1) is 17.6 Å². The van der Waals surface area contributed by atoms with Crippen molar-refractivity contribution in [2.45, 2.75) is 19.3 Å². The van der Waals surface area contributed by atoms with Crippen LogP contribution in [-0.2, 0) is 4.79 Å². The molecule has 108 valence electrons. The molecular formula is C14H15F2NO3. The molecule has 4 nitrogen and oxygen atoms in total. The first kappa shape index (κ1) is 14.4. The third-order valence-electron chi connectivity index (χ3n) is 3.52. The van der Waals surface area contributed by atoms with Gasteiger partial charge in [-0.15, -0.1) is 0 Å². The van der Waals surface area contributed by atoms with Gasteiger partial charge in [-0.3, -0.25) is 9.59 Å². The highest BCUT2D eigenvalue weighted by molar-refractivity contribution is 5.94. The average Bonchev–Trinajstić information content (AvgIpc) is 2.87. The molecule has 2 rings (SSSR count). The molecule has 0 aromatic heterocycles. The highest BCUT2D eigenvalue weighted by Gasteiger charge is 2.29. The molecule has 0 saturated carbocycles. The number of halogens is 2. The second-order valence-corrected chi connectivity index (χ2v) is 4.94. The Kier molecular flexibility index (Phi) is 4.32. The lowest BCUT2D eigenvalue weighted by Crippen LogP contribution is -2.29. The summed E-state index contributed by atoms with van der Waals surface area (Å²) in [4.78, 5) is 24.1. The summed E-state index contributed by atoms with van der Waals surface area (Å²) < 4.78 is 26.7. The summed E-state index contributed by atoms with van der Waals surface area (Å²) in [6.45, 7) is 0.834. The highest BCUT2D eigenvalue weighted by Crippen LogP contribution is 2.23. The third-order valence-corrected chi connectivity index (χ3v) is 3.52. The number of nitrogens with zero attached hydrogens (tertiary/aromatic N) is 1. The first-order valence-electron chi connectivity index (χ1n) is 6.44. The molecule has 1 saturated heterocycles. The summed E-state index contributed by atoms with van der Waals surface area (Å²) in [5.74, 6) is -3.48. The molecule has 1 atom stereocenters. The maximum atomic E-state index is 13.6. The van der Waals surface area contributed by atoms with E-state index < -0.39 is 23.5 Å². The van der Waals surface area contributed by atoms with E-state index in [0.717, 1.165) is 6.07 Å². The maximum absolute atomic E-state index is 13.6. The lowest BCUT2D eigenvalue weighted by atomic mass is 10.0. The molecule has 0 spiro atoms. The zero-order chi connectivity index (χ0) is 14.7. The van der Waals surface area contributed by atoms with Gasteiger partial charge in [0, 0.05) is 19.5 Å². The zero-order valence-corrected chi connectivity index (χ0v) is 10.8. The van der Waals surface area contributed by atoms with Gasteiger partial charge >= 0.3 is 5.97 Å². The van der Waals surface area contributed by atoms with Crippen LogP contribution in [0.3, 0.4) is 0 Å². The van der Waals surface area contributed by atoms with E-state index in [9.17, 15) is 18.4 Å². The number of carbonyl (C=O) groups excluding carboxylic acids is 1. The lowest BCUT2D eigenvalue weighted by molar-refractivity contribution is -0.137. The molecule has 1 fully saturated rings. The summed E-state index contributed by atoms with van der Waals surface area (Å²) >= 11 is 0. The van der Waals surface area contributed by atoms with E-state index in [1.165, 1.54) is 17.0 Å². The fourth-order valence-electron chi connectivity index (χ4n) is 2.42. The Hall–Kier alpha value is -1.98. The van der Waals surface area contributed by atoms with Crippen LogP contribution in [0.5, 0.6) is 0 Å². The first-order valence-corrected chi connectivity index (χ1v) is 6.44. The number of carbonyl (C=O) groups is 2. The number of likely N-dealkylation sites (tertiary alicyclic amines) is 1. The molecule has 1 unspecified atom stereocenters. The van der Waals surface area contributed by atoms with Gasteiger partial charge in [-0.25, -0.2) is 8.78 Å². The van der Waals surface area contributed by atoms with Gasteiger partial charge in [-0.05, 0) is 30.9 Å². The summed E-state index contributed by atoms with van der Waals surface area (Å²) in [6.07, 6.45) is 1.24. The monoisotopic (exact) mass is 283 g/mol. The number of hydrogen-bond acceptors (Lipinski definition) is 2. The minimum absolute atomic E-state index is 0.0566. The van der Waals surface area contributed by atoms with Crippen LogP contribution in [0.1, 0.15) is 29.6 Å². The molecule has 1 aliphatic rings. The summed E-state index contributed by atoms with van der Waals surface area (Å²) in [5.41, 5.74) is -0.274. The van der Waals surface area contributed by atoms with Crippen molar-refractivity contribution in [1.82, 2.24) is 4.90 Å². The Morgan fingerprint density at radius 3 is 2.80 bits per heavy atom. The fourth-order valence-corrected chi connectivity index (χ4v) is 2.42. The predicted molar refractivity (Wildman–Crippen MR) is 67.2 cm³/mol. The van der Waals surface area contributed by atoms with Crippen molar-refractivity contribution in [3.8, 4) is 0 Å². The van der Waals surface area contributed by atoms with Gasteiger partial charge in [-0.2, -0.15) is 0 Å². The van der Waals surface area contributed by atoms with Crippen LogP contribution in [0.4, 0.5) is 8.78 Å². The van der Waals surface area contributed by atoms with Gasteiger partial charge in [0.1, 0.15) is 0 Å². The molecule has 0 radical (unpaired) electrons. The second kappa shape index (κ2) is 5.98. The number of benzene rings is 1. The smallest absolute Gasteiger partial charge is 0.303 e. The number of carboxylic acid groups (broad SMARTS) is 1. The Balaban J connectivity index is 2.01. The van der Waals surface area contributed by atoms with E-state index in [4.69, 9.17) is 5.11 Å². The molecular weight excluding hydrogens is 268 g/mol. The van der Waals surface area contributed by atoms with Crippen molar-refractivity contribution >= 4 is 11.9 Å². The van der Waals surface area contributed by atoms with Crippen molar-refractivity contribution in [2.75, 3.05) is 13.1 Å². The van der Waals surface area contributed by atoms with Crippen LogP contribution >= 0.6 is 0 Å². The SMILES string of the molecule is O=C(O)CCC1CCN(C(=O)c2cccc(F)c2F)C1. The van der Waals surface area contributed by atoms with Crippen molar-refractivity contribution < 1.29 is 23.5 Å². The van der Waals surface area contributed by atoms with Gasteiger partial charge < -0.3 is 10.0 Å². The van der Waals surface area contributed by atoms with Gasteiger partial charge in [0.2, 0.25) is 0 Å². The van der Waals surface area contributed by atoms with Crippen molar-refractivity contribution in [3.05, 3.63) is 35.4 Å². The van der Waals surface area contributed by atoms with Gasteiger partial charge in [-0.1, -0.05) is 6.07 Å². The van der Waals surface area contributed by atoms with Crippen LogP contribution in [0.25, 0.3) is 0 Å². The van der Waals surface area contributed by atoms with Crippen LogP contribution in [0.2, 0.25) is 0 Å². The number of hydrogen-bond donors (Lipinski definition) is 1. The first-order chi connectivity index (χ1) is 9.49. The molecule has 1 aromatic rings. The van der Waals surface area contributed by atoms with Crippen LogP contribution in [0.15, 0.2) is 18.2 Å². The van der Waals surface area contributed by atoms with E-state index in [1.54, 1.807) is 0 Å². The van der Waals surface area contributed by atoms with E-state index >= 15 is 0 Å². The number of carboxylic acids is 1. The molecule has 1 N–H and O–H groups in total. The number of amides is 1. The Morgan fingerprint density at radius 1 is 1.35 bits per heavy atom. The minimum Gasteiger partial charge on any atom is -0.481 e. The summed E-state index contributed by atoms with van der Waals surface area (Å²) in [5, 5.41) is 8.62. The van der Waals surface area contributed by atoms with E-state index in [0.29, 0.717) is 25.9 Å². The van der Waals surface area contributed by atoms with Gasteiger partial charge in [0.15, 0.2) is 11.6 Å². The quantitative estimate of drug-likeness (QED) is 0.922. The molecule has 1 heterocycles. The van der Waals surface area contributed by atoms with Gasteiger partial charge in [0.25, 0.3) is 5.91 Å². The average molecular weight is 283 g/mol. The Bertz CT molecular complexity index is 533. The van der Waals surface area contributed by atoms with E-state index in [2.05, 4.69) is 0 Å². The Labute approximate surface area is 115 Å². The number of rotatable bonds is 4. The highest BCUT2D eigenvalue weighted by atomic mass is 19.2. The zero-order valence-electron chi connectivity index (χ0n) is 10.8. The fraction of sp³-hybridized carbons (Fsp3) is 0.429. The normalized spacial score (nSPS) is 18.3. The molecule has 1 aliphatic heterocycles. The molecule has 1 amide bonds. The Morgan fingerprint density at radius 2 is 2.10 bits per heavy atom.